The molecule has 0 unspecified atom stereocenters. The number of aliphatic hydroxyl groups is 1. The Balaban J connectivity index is 1.62. The van der Waals surface area contributed by atoms with Crippen LogP contribution >= 0.6 is 0 Å². The second kappa shape index (κ2) is 7.60. The van der Waals surface area contributed by atoms with E-state index in [2.05, 4.69) is 10.3 Å². The number of carbonyl (C=O) groups excluding carboxylic acids is 2. The number of aromatic amines is 1. The van der Waals surface area contributed by atoms with E-state index < -0.39 is 18.2 Å². The van der Waals surface area contributed by atoms with Gasteiger partial charge in [-0.05, 0) is 55.7 Å². The van der Waals surface area contributed by atoms with Crippen molar-refractivity contribution in [3.63, 3.8) is 0 Å². The molecule has 7 nitrogen and oxygen atoms in total. The minimum absolute atomic E-state index is 0.139. The molecular formula is C22H22N2O5. The van der Waals surface area contributed by atoms with Crippen LogP contribution in [0.4, 0.5) is 5.69 Å². The van der Waals surface area contributed by atoms with Crippen LogP contribution in [-0.4, -0.2) is 35.4 Å². The molecular weight excluding hydrogens is 372 g/mol. The summed E-state index contributed by atoms with van der Waals surface area (Å²) < 4.78 is 10.3. The van der Waals surface area contributed by atoms with Gasteiger partial charge in [0, 0.05) is 22.8 Å². The lowest BCUT2D eigenvalue weighted by molar-refractivity contribution is -0.118. The van der Waals surface area contributed by atoms with E-state index in [0.29, 0.717) is 17.0 Å². The number of amides is 1. The number of aliphatic hydroxyl groups excluding tert-OH is 1. The Bertz CT molecular complexity index is 1070. The average Bonchev–Trinajstić information content (AvgIpc) is 3.40. The summed E-state index contributed by atoms with van der Waals surface area (Å²) >= 11 is 0. The molecule has 2 aromatic carbocycles. The van der Waals surface area contributed by atoms with E-state index in [1.807, 2.05) is 12.1 Å². The molecule has 150 valence electrons. The first kappa shape index (κ1) is 19.0. The van der Waals surface area contributed by atoms with E-state index in [1.54, 1.807) is 43.5 Å². The van der Waals surface area contributed by atoms with Gasteiger partial charge in [-0.3, -0.25) is 4.79 Å². The Hall–Kier alpha value is -3.32. The maximum atomic E-state index is 13.1. The van der Waals surface area contributed by atoms with Crippen molar-refractivity contribution in [2.24, 2.45) is 0 Å². The zero-order valence-corrected chi connectivity index (χ0v) is 16.0. The molecule has 1 heterocycles. The largest absolute Gasteiger partial charge is 0.468 e. The molecule has 1 aliphatic carbocycles. The molecule has 1 aromatic heterocycles. The van der Waals surface area contributed by atoms with Crippen LogP contribution in [0.5, 0.6) is 5.75 Å². The lowest BCUT2D eigenvalue weighted by Crippen LogP contribution is -2.28. The number of ether oxygens (including phenoxy) is 2. The quantitative estimate of drug-likeness (QED) is 0.421. The molecule has 29 heavy (non-hydrogen) atoms. The van der Waals surface area contributed by atoms with Crippen molar-refractivity contribution in [3.8, 4) is 5.75 Å². The third-order valence-corrected chi connectivity index (χ3v) is 5.22. The maximum Gasteiger partial charge on any atom is 0.338 e. The fourth-order valence-electron chi connectivity index (χ4n) is 3.60. The van der Waals surface area contributed by atoms with Crippen LogP contribution in [0.25, 0.3) is 10.9 Å². The van der Waals surface area contributed by atoms with E-state index in [0.717, 1.165) is 29.3 Å². The van der Waals surface area contributed by atoms with Crippen LogP contribution in [0.15, 0.2) is 48.7 Å². The number of hydrogen-bond acceptors (Lipinski definition) is 5. The van der Waals surface area contributed by atoms with E-state index in [9.17, 15) is 9.59 Å². The maximum absolute atomic E-state index is 13.1. The molecule has 1 saturated carbocycles. The number of fused-ring (bicyclic) bond motifs is 1. The zero-order chi connectivity index (χ0) is 20.4. The first-order valence-electron chi connectivity index (χ1n) is 9.51. The van der Waals surface area contributed by atoms with E-state index >= 15 is 0 Å². The molecule has 0 saturated heterocycles. The van der Waals surface area contributed by atoms with Gasteiger partial charge in [0.05, 0.1) is 17.6 Å². The summed E-state index contributed by atoms with van der Waals surface area (Å²) in [5.74, 6) is -0.0518. The molecule has 0 bridgehead atoms. The highest BCUT2D eigenvalue weighted by molar-refractivity contribution is 6.08. The van der Waals surface area contributed by atoms with Gasteiger partial charge >= 0.3 is 5.97 Å². The standard InChI is InChI=1S/C22H22N2O5/c1-2-28-20(26)18-11-15(12-19-17(18)6-9-23-19)24-21(27)22(7-8-22)14-4-3-5-16(10-14)29-13-25/h3-6,9-12,23,25H,2,7-8,13H2,1H3,(H,24,27). The highest BCUT2D eigenvalue weighted by atomic mass is 16.6. The van der Waals surface area contributed by atoms with Crippen molar-refractivity contribution in [2.75, 3.05) is 18.7 Å². The Kier molecular flexibility index (Phi) is 4.98. The molecule has 4 rings (SSSR count). The summed E-state index contributed by atoms with van der Waals surface area (Å²) in [6, 6.07) is 12.5. The summed E-state index contributed by atoms with van der Waals surface area (Å²) in [6.07, 6.45) is 3.18. The van der Waals surface area contributed by atoms with Crippen molar-refractivity contribution < 1.29 is 24.2 Å². The Morgan fingerprint density at radius 3 is 2.76 bits per heavy atom. The molecule has 1 fully saturated rings. The molecule has 3 N–H and O–H groups in total. The highest BCUT2D eigenvalue weighted by Gasteiger charge is 2.51. The normalized spacial score (nSPS) is 14.4. The highest BCUT2D eigenvalue weighted by Crippen LogP contribution is 2.49. The summed E-state index contributed by atoms with van der Waals surface area (Å²) in [5, 5.41) is 12.7. The number of benzene rings is 2. The van der Waals surface area contributed by atoms with Gasteiger partial charge in [-0.25, -0.2) is 4.79 Å². The molecule has 1 aliphatic rings. The molecule has 0 spiro atoms. The lowest BCUT2D eigenvalue weighted by atomic mass is 9.94. The van der Waals surface area contributed by atoms with Crippen LogP contribution in [0.1, 0.15) is 35.7 Å². The van der Waals surface area contributed by atoms with Gasteiger partial charge in [0.25, 0.3) is 0 Å². The number of hydrogen-bond donors (Lipinski definition) is 3. The molecule has 0 aliphatic heterocycles. The first-order chi connectivity index (χ1) is 14.1. The summed E-state index contributed by atoms with van der Waals surface area (Å²) in [6.45, 7) is 1.61. The first-order valence-corrected chi connectivity index (χ1v) is 9.51. The van der Waals surface area contributed by atoms with Crippen molar-refractivity contribution in [2.45, 2.75) is 25.2 Å². The second-order valence-corrected chi connectivity index (χ2v) is 7.02. The lowest BCUT2D eigenvalue weighted by Gasteiger charge is -2.17. The van der Waals surface area contributed by atoms with Gasteiger partial charge in [0.1, 0.15) is 5.75 Å². The minimum Gasteiger partial charge on any atom is -0.468 e. The number of nitrogens with one attached hydrogen (secondary N) is 2. The monoisotopic (exact) mass is 394 g/mol. The van der Waals surface area contributed by atoms with E-state index in [-0.39, 0.29) is 12.5 Å². The number of aromatic nitrogens is 1. The molecule has 0 atom stereocenters. The Morgan fingerprint density at radius 1 is 1.21 bits per heavy atom. The van der Waals surface area contributed by atoms with Crippen molar-refractivity contribution in [1.29, 1.82) is 0 Å². The fourth-order valence-corrected chi connectivity index (χ4v) is 3.60. The van der Waals surface area contributed by atoms with Crippen LogP contribution in [0.2, 0.25) is 0 Å². The fraction of sp³-hybridized carbons (Fsp3) is 0.273. The van der Waals surface area contributed by atoms with Gasteiger partial charge < -0.3 is 24.9 Å². The zero-order valence-electron chi connectivity index (χ0n) is 16.0. The number of carbonyl (C=O) groups is 2. The third-order valence-electron chi connectivity index (χ3n) is 5.22. The minimum atomic E-state index is -0.635. The molecule has 1 amide bonds. The van der Waals surface area contributed by atoms with Gasteiger partial charge in [-0.2, -0.15) is 0 Å². The van der Waals surface area contributed by atoms with Crippen molar-refractivity contribution >= 4 is 28.5 Å². The predicted octanol–water partition coefficient (Wildman–Crippen LogP) is 3.34. The summed E-state index contributed by atoms with van der Waals surface area (Å²) in [5.41, 5.74) is 1.89. The molecule has 0 radical (unpaired) electrons. The molecule has 3 aromatic rings. The predicted molar refractivity (Wildman–Crippen MR) is 108 cm³/mol. The van der Waals surface area contributed by atoms with Crippen molar-refractivity contribution in [1.82, 2.24) is 4.98 Å². The number of H-pyrrole nitrogens is 1. The van der Waals surface area contributed by atoms with Gasteiger partial charge in [-0.15, -0.1) is 0 Å². The second-order valence-electron chi connectivity index (χ2n) is 7.02. The molecule has 7 heteroatoms. The van der Waals surface area contributed by atoms with Crippen molar-refractivity contribution in [3.05, 3.63) is 59.8 Å². The van der Waals surface area contributed by atoms with Crippen LogP contribution in [-0.2, 0) is 14.9 Å². The Morgan fingerprint density at radius 2 is 2.03 bits per heavy atom. The van der Waals surface area contributed by atoms with Crippen LogP contribution in [0, 0.1) is 0 Å². The van der Waals surface area contributed by atoms with E-state index in [4.69, 9.17) is 14.6 Å². The smallest absolute Gasteiger partial charge is 0.338 e. The summed E-state index contributed by atoms with van der Waals surface area (Å²) in [7, 11) is 0. The SMILES string of the molecule is CCOC(=O)c1cc(NC(=O)C2(c3cccc(OCO)c3)CC2)cc2[nH]ccc12. The van der Waals surface area contributed by atoms with Crippen LogP contribution in [0.3, 0.4) is 0 Å². The van der Waals surface area contributed by atoms with Crippen LogP contribution < -0.4 is 10.1 Å². The number of rotatable bonds is 7. The third kappa shape index (κ3) is 3.56. The average molecular weight is 394 g/mol. The van der Waals surface area contributed by atoms with Gasteiger partial charge in [0.15, 0.2) is 6.79 Å². The van der Waals surface area contributed by atoms with E-state index in [1.165, 1.54) is 0 Å². The number of esters is 1. The van der Waals surface area contributed by atoms with Gasteiger partial charge in [-0.1, -0.05) is 12.1 Å². The number of anilines is 1. The Labute approximate surface area is 167 Å². The topological polar surface area (TPSA) is 101 Å². The summed E-state index contributed by atoms with van der Waals surface area (Å²) in [4.78, 5) is 28.5. The van der Waals surface area contributed by atoms with Gasteiger partial charge in [0.2, 0.25) is 5.91 Å².